The number of anilines is 3. The van der Waals surface area contributed by atoms with E-state index < -0.39 is 0 Å². The fourth-order valence-corrected chi connectivity index (χ4v) is 2.81. The standard InChI is InChI=1S/C20H20FN3O2/c21-17-7-9-20(10-8-17)24(13-15-3-1-5-18(11-15)22-25)14-16-4-2-6-19(12-16)23-26/h1-12,22-23,25-26H,13-14H2. The van der Waals surface area contributed by atoms with Crippen LogP contribution >= 0.6 is 0 Å². The van der Waals surface area contributed by atoms with Crippen molar-refractivity contribution in [2.24, 2.45) is 0 Å². The van der Waals surface area contributed by atoms with Gasteiger partial charge in [-0.3, -0.25) is 21.4 Å². The van der Waals surface area contributed by atoms with Gasteiger partial charge in [0.25, 0.3) is 0 Å². The number of benzene rings is 3. The van der Waals surface area contributed by atoms with Crippen molar-refractivity contribution >= 4 is 17.1 Å². The lowest BCUT2D eigenvalue weighted by molar-refractivity contribution is 0.388. The van der Waals surface area contributed by atoms with E-state index in [0.717, 1.165) is 16.8 Å². The van der Waals surface area contributed by atoms with Crippen LogP contribution in [0.3, 0.4) is 0 Å². The molecule has 3 aromatic carbocycles. The molecule has 0 aromatic heterocycles. The highest BCUT2D eigenvalue weighted by Gasteiger charge is 2.10. The second kappa shape index (κ2) is 8.33. The van der Waals surface area contributed by atoms with Crippen LogP contribution in [-0.4, -0.2) is 10.4 Å². The molecule has 0 bridgehead atoms. The molecule has 0 amide bonds. The molecule has 134 valence electrons. The fourth-order valence-electron chi connectivity index (χ4n) is 2.81. The number of nitrogens with zero attached hydrogens (tertiary/aromatic N) is 1. The predicted octanol–water partition coefficient (Wildman–Crippen LogP) is 4.63. The summed E-state index contributed by atoms with van der Waals surface area (Å²) in [5.41, 5.74) is 8.36. The number of hydrogen-bond acceptors (Lipinski definition) is 5. The molecule has 0 saturated heterocycles. The lowest BCUT2D eigenvalue weighted by atomic mass is 10.1. The quantitative estimate of drug-likeness (QED) is 0.466. The molecule has 6 heteroatoms. The zero-order chi connectivity index (χ0) is 18.4. The lowest BCUT2D eigenvalue weighted by Crippen LogP contribution is -2.22. The molecule has 3 rings (SSSR count). The predicted molar refractivity (Wildman–Crippen MR) is 100.0 cm³/mol. The van der Waals surface area contributed by atoms with Gasteiger partial charge in [0, 0.05) is 18.8 Å². The average Bonchev–Trinajstić information content (AvgIpc) is 2.68. The van der Waals surface area contributed by atoms with Gasteiger partial charge in [0.05, 0.1) is 11.4 Å². The van der Waals surface area contributed by atoms with Crippen LogP contribution in [0.5, 0.6) is 0 Å². The normalized spacial score (nSPS) is 10.4. The van der Waals surface area contributed by atoms with E-state index in [1.54, 1.807) is 24.3 Å². The van der Waals surface area contributed by atoms with Crippen LogP contribution in [0.2, 0.25) is 0 Å². The van der Waals surface area contributed by atoms with Crippen molar-refractivity contribution in [2.75, 3.05) is 15.9 Å². The first kappa shape index (κ1) is 17.7. The molecule has 0 aliphatic heterocycles. The number of halogens is 1. The average molecular weight is 353 g/mol. The van der Waals surface area contributed by atoms with Crippen LogP contribution in [0, 0.1) is 5.82 Å². The van der Waals surface area contributed by atoms with Gasteiger partial charge in [-0.05, 0) is 59.7 Å². The molecule has 0 saturated carbocycles. The highest BCUT2D eigenvalue weighted by Crippen LogP contribution is 2.23. The summed E-state index contributed by atoms with van der Waals surface area (Å²) in [7, 11) is 0. The van der Waals surface area contributed by atoms with E-state index in [-0.39, 0.29) is 5.82 Å². The summed E-state index contributed by atoms with van der Waals surface area (Å²) in [5.74, 6) is -0.286. The van der Waals surface area contributed by atoms with Gasteiger partial charge in [-0.15, -0.1) is 0 Å². The minimum atomic E-state index is -0.286. The van der Waals surface area contributed by atoms with Crippen LogP contribution in [0.1, 0.15) is 11.1 Å². The van der Waals surface area contributed by atoms with E-state index in [1.165, 1.54) is 12.1 Å². The SMILES string of the molecule is ONc1cccc(CN(Cc2cccc(NO)c2)c2ccc(F)cc2)c1. The molecule has 0 fully saturated rings. The summed E-state index contributed by atoms with van der Waals surface area (Å²) in [5, 5.41) is 18.2. The van der Waals surface area contributed by atoms with Crippen LogP contribution in [0.15, 0.2) is 72.8 Å². The Balaban J connectivity index is 1.89. The molecule has 0 radical (unpaired) electrons. The Morgan fingerprint density at radius 1 is 0.731 bits per heavy atom. The van der Waals surface area contributed by atoms with Gasteiger partial charge in [0.2, 0.25) is 0 Å². The topological polar surface area (TPSA) is 67.8 Å². The third-order valence-electron chi connectivity index (χ3n) is 4.05. The van der Waals surface area contributed by atoms with Crippen LogP contribution in [-0.2, 0) is 13.1 Å². The number of rotatable bonds is 7. The Labute approximate surface area is 151 Å². The second-order valence-electron chi connectivity index (χ2n) is 5.96. The van der Waals surface area contributed by atoms with Crippen molar-refractivity contribution in [1.82, 2.24) is 0 Å². The van der Waals surface area contributed by atoms with Crippen molar-refractivity contribution in [3.05, 3.63) is 89.7 Å². The molecular formula is C20H20FN3O2. The molecule has 0 unspecified atom stereocenters. The summed E-state index contributed by atoms with van der Waals surface area (Å²) >= 11 is 0. The maximum Gasteiger partial charge on any atom is 0.123 e. The van der Waals surface area contributed by atoms with Crippen LogP contribution in [0.25, 0.3) is 0 Å². The Kier molecular flexibility index (Phi) is 5.68. The van der Waals surface area contributed by atoms with E-state index in [2.05, 4.69) is 15.9 Å². The maximum absolute atomic E-state index is 13.3. The zero-order valence-corrected chi connectivity index (χ0v) is 14.1. The van der Waals surface area contributed by atoms with E-state index in [0.29, 0.717) is 24.5 Å². The van der Waals surface area contributed by atoms with E-state index in [9.17, 15) is 4.39 Å². The Morgan fingerprint density at radius 3 is 1.69 bits per heavy atom. The fraction of sp³-hybridized carbons (Fsp3) is 0.100. The molecule has 0 atom stereocenters. The molecule has 0 spiro atoms. The highest BCUT2D eigenvalue weighted by atomic mass is 19.1. The third kappa shape index (κ3) is 4.50. The highest BCUT2D eigenvalue weighted by molar-refractivity contribution is 5.51. The van der Waals surface area contributed by atoms with E-state index >= 15 is 0 Å². The second-order valence-corrected chi connectivity index (χ2v) is 5.96. The number of hydrogen-bond donors (Lipinski definition) is 4. The van der Waals surface area contributed by atoms with Crippen molar-refractivity contribution in [3.8, 4) is 0 Å². The first-order chi connectivity index (χ1) is 12.7. The van der Waals surface area contributed by atoms with Crippen molar-refractivity contribution in [1.29, 1.82) is 0 Å². The largest absolute Gasteiger partial charge is 0.363 e. The van der Waals surface area contributed by atoms with E-state index in [1.807, 2.05) is 36.4 Å². The van der Waals surface area contributed by atoms with Gasteiger partial charge < -0.3 is 4.90 Å². The molecule has 4 N–H and O–H groups in total. The van der Waals surface area contributed by atoms with Crippen molar-refractivity contribution in [2.45, 2.75) is 13.1 Å². The van der Waals surface area contributed by atoms with Crippen molar-refractivity contribution < 1.29 is 14.8 Å². The van der Waals surface area contributed by atoms with Gasteiger partial charge >= 0.3 is 0 Å². The Hall–Kier alpha value is -3.09. The summed E-state index contributed by atoms with van der Waals surface area (Å²) in [6, 6.07) is 21.2. The molecule has 26 heavy (non-hydrogen) atoms. The molecule has 0 aliphatic rings. The Morgan fingerprint density at radius 2 is 1.23 bits per heavy atom. The van der Waals surface area contributed by atoms with Gasteiger partial charge in [-0.1, -0.05) is 24.3 Å². The summed E-state index contributed by atoms with van der Waals surface area (Å²) in [4.78, 5) is 2.09. The van der Waals surface area contributed by atoms with Crippen LogP contribution in [0.4, 0.5) is 21.5 Å². The van der Waals surface area contributed by atoms with Gasteiger partial charge in [-0.2, -0.15) is 0 Å². The Bertz CT molecular complexity index is 806. The molecule has 0 aliphatic carbocycles. The molecule has 3 aromatic rings. The summed E-state index contributed by atoms with van der Waals surface area (Å²) in [6.07, 6.45) is 0. The minimum absolute atomic E-state index is 0.286. The first-order valence-electron chi connectivity index (χ1n) is 8.16. The van der Waals surface area contributed by atoms with Crippen molar-refractivity contribution in [3.63, 3.8) is 0 Å². The smallest absolute Gasteiger partial charge is 0.123 e. The van der Waals surface area contributed by atoms with Gasteiger partial charge in [0.15, 0.2) is 0 Å². The summed E-state index contributed by atoms with van der Waals surface area (Å²) in [6.45, 7) is 1.13. The monoisotopic (exact) mass is 353 g/mol. The van der Waals surface area contributed by atoms with Gasteiger partial charge in [-0.25, -0.2) is 4.39 Å². The maximum atomic E-state index is 13.3. The first-order valence-corrected chi connectivity index (χ1v) is 8.16. The van der Waals surface area contributed by atoms with Crippen LogP contribution < -0.4 is 15.9 Å². The van der Waals surface area contributed by atoms with E-state index in [4.69, 9.17) is 10.4 Å². The summed E-state index contributed by atoms with van der Waals surface area (Å²) < 4.78 is 13.3. The minimum Gasteiger partial charge on any atom is -0.363 e. The molecular weight excluding hydrogens is 333 g/mol. The zero-order valence-electron chi connectivity index (χ0n) is 14.1. The number of nitrogens with one attached hydrogen (secondary N) is 2. The lowest BCUT2D eigenvalue weighted by Gasteiger charge is -2.25. The van der Waals surface area contributed by atoms with Gasteiger partial charge in [0.1, 0.15) is 5.82 Å². The molecule has 5 nitrogen and oxygen atoms in total. The third-order valence-corrected chi connectivity index (χ3v) is 4.05. The molecule has 0 heterocycles.